The van der Waals surface area contributed by atoms with E-state index in [0.29, 0.717) is 35.7 Å². The topological polar surface area (TPSA) is 165 Å². The minimum absolute atomic E-state index is 0.0936. The number of fused-ring (bicyclic) bond motifs is 5. The molecular formula is C36H45ClN4O8. The highest BCUT2D eigenvalue weighted by Gasteiger charge is 2.64. The zero-order valence-corrected chi connectivity index (χ0v) is 29.4. The molecule has 12 nitrogen and oxygen atoms in total. The van der Waals surface area contributed by atoms with Crippen molar-refractivity contribution >= 4 is 46.8 Å². The number of ether oxygens (including phenoxy) is 4. The maximum Gasteiger partial charge on any atom is 0.412 e. The van der Waals surface area contributed by atoms with E-state index in [9.17, 15) is 19.5 Å². The van der Waals surface area contributed by atoms with E-state index < -0.39 is 59.6 Å². The number of halogens is 1. The third-order valence-corrected chi connectivity index (χ3v) is 10.1. The van der Waals surface area contributed by atoms with Crippen LogP contribution in [0, 0.1) is 11.8 Å². The van der Waals surface area contributed by atoms with Crippen LogP contribution < -0.4 is 26.0 Å². The molecule has 0 unspecified atom stereocenters. The molecule has 0 spiro atoms. The molecule has 5 rings (SSSR count). The predicted molar refractivity (Wildman–Crippen MR) is 187 cm³/mol. The van der Waals surface area contributed by atoms with Crippen molar-refractivity contribution in [1.82, 2.24) is 5.32 Å². The highest BCUT2D eigenvalue weighted by Crippen LogP contribution is 2.49. The third kappa shape index (κ3) is 7.82. The monoisotopic (exact) mass is 696 g/mol. The van der Waals surface area contributed by atoms with E-state index in [2.05, 4.69) is 10.6 Å². The minimum atomic E-state index is -1.58. The molecule has 2 saturated heterocycles. The normalized spacial score (nSPS) is 32.0. The van der Waals surface area contributed by atoms with Gasteiger partial charge in [-0.1, -0.05) is 49.2 Å². The van der Waals surface area contributed by atoms with Crippen molar-refractivity contribution in [3.05, 3.63) is 70.8 Å². The van der Waals surface area contributed by atoms with Crippen LogP contribution in [0.4, 0.5) is 26.7 Å². The molecule has 7 atom stereocenters. The second-order valence-corrected chi connectivity index (χ2v) is 13.7. The number of carbonyl (C=O) groups excluding carboxylic acids is 3. The van der Waals surface area contributed by atoms with Gasteiger partial charge in [-0.15, -0.1) is 0 Å². The summed E-state index contributed by atoms with van der Waals surface area (Å²) in [4.78, 5) is 41.5. The number of benzene rings is 2. The van der Waals surface area contributed by atoms with E-state index in [1.54, 1.807) is 38.2 Å². The van der Waals surface area contributed by atoms with E-state index in [1.165, 1.54) is 12.0 Å². The van der Waals surface area contributed by atoms with Gasteiger partial charge in [-0.2, -0.15) is 0 Å². The van der Waals surface area contributed by atoms with Crippen LogP contribution in [-0.4, -0.2) is 67.0 Å². The van der Waals surface area contributed by atoms with Crippen molar-refractivity contribution in [2.24, 2.45) is 11.8 Å². The lowest BCUT2D eigenvalue weighted by Crippen LogP contribution is -2.61. The summed E-state index contributed by atoms with van der Waals surface area (Å²) in [5.74, 6) is -0.852. The van der Waals surface area contributed by atoms with Crippen LogP contribution in [0.25, 0.3) is 0 Å². The molecule has 3 aliphatic rings. The molecule has 2 fully saturated rings. The summed E-state index contributed by atoms with van der Waals surface area (Å²) in [7, 11) is 3.11. The van der Waals surface area contributed by atoms with Crippen LogP contribution in [0.5, 0.6) is 5.75 Å². The fraction of sp³-hybridized carbons (Fsp3) is 0.472. The molecule has 0 radical (unpaired) electrons. The van der Waals surface area contributed by atoms with E-state index in [4.69, 9.17) is 36.3 Å². The molecule has 5 N–H and O–H groups in total. The maximum absolute atomic E-state index is 14.0. The zero-order valence-electron chi connectivity index (χ0n) is 28.6. The van der Waals surface area contributed by atoms with Crippen LogP contribution in [0.2, 0.25) is 5.02 Å². The average molecular weight is 697 g/mol. The molecule has 264 valence electrons. The second-order valence-electron chi connectivity index (χ2n) is 13.3. The third-order valence-electron chi connectivity index (χ3n) is 9.74. The quantitative estimate of drug-likeness (QED) is 0.223. The number of alkyl carbamates (subject to hydrolysis) is 1. The summed E-state index contributed by atoms with van der Waals surface area (Å²) in [6.07, 6.45) is 2.67. The van der Waals surface area contributed by atoms with Gasteiger partial charge in [0.2, 0.25) is 5.91 Å². The Balaban J connectivity index is 1.54. The molecule has 2 aromatic rings. The molecule has 4 bridgehead atoms. The van der Waals surface area contributed by atoms with Gasteiger partial charge < -0.3 is 34.7 Å². The van der Waals surface area contributed by atoms with Gasteiger partial charge in [0.25, 0.3) is 0 Å². The first-order chi connectivity index (χ1) is 23.2. The lowest BCUT2D eigenvalue weighted by Gasteiger charge is -2.42. The average Bonchev–Trinajstić information content (AvgIpc) is 3.75. The Bertz CT molecular complexity index is 1650. The highest BCUT2D eigenvalue weighted by atomic mass is 35.5. The number of nitrogens with zero attached hydrogens (tertiary/aromatic N) is 1. The number of methoxy groups -OCH3 is 1. The number of hydrogen-bond donors (Lipinski definition) is 4. The Hall–Kier alpha value is -4.26. The Kier molecular flexibility index (Phi) is 10.5. The molecule has 2 aromatic carbocycles. The predicted octanol–water partition coefficient (Wildman–Crippen LogP) is 5.97. The molecule has 3 aliphatic heterocycles. The van der Waals surface area contributed by atoms with E-state index >= 15 is 0 Å². The maximum atomic E-state index is 14.0. The number of epoxide rings is 1. The van der Waals surface area contributed by atoms with Crippen LogP contribution in [0.3, 0.4) is 0 Å². The van der Waals surface area contributed by atoms with Gasteiger partial charge in [0.1, 0.15) is 34.3 Å². The van der Waals surface area contributed by atoms with Gasteiger partial charge >= 0.3 is 12.2 Å². The molecular weight excluding hydrogens is 652 g/mol. The number of aliphatic hydroxyl groups is 1. The van der Waals surface area contributed by atoms with Crippen LogP contribution in [-0.2, 0) is 25.4 Å². The molecule has 3 amide bonds. The first kappa shape index (κ1) is 36.0. The lowest BCUT2D eigenvalue weighted by atomic mass is 9.81. The number of hydrogen-bond acceptors (Lipinski definition) is 9. The Morgan fingerprint density at radius 1 is 1.24 bits per heavy atom. The van der Waals surface area contributed by atoms with E-state index in [1.807, 2.05) is 51.1 Å². The first-order valence-corrected chi connectivity index (χ1v) is 16.7. The molecule has 0 aromatic heterocycles. The minimum Gasteiger partial charge on any atom is -0.495 e. The van der Waals surface area contributed by atoms with Crippen LogP contribution in [0.15, 0.2) is 60.2 Å². The van der Waals surface area contributed by atoms with E-state index in [-0.39, 0.29) is 17.9 Å². The van der Waals surface area contributed by atoms with Gasteiger partial charge in [-0.05, 0) is 68.7 Å². The van der Waals surface area contributed by atoms with E-state index in [0.717, 1.165) is 11.1 Å². The van der Waals surface area contributed by atoms with Gasteiger partial charge in [0, 0.05) is 36.7 Å². The smallest absolute Gasteiger partial charge is 0.412 e. The summed E-state index contributed by atoms with van der Waals surface area (Å²) in [6.45, 7) is 7.51. The number of anilines is 3. The number of nitrogen functional groups attached to an aromatic ring is 1. The Morgan fingerprint density at radius 2 is 1.96 bits per heavy atom. The summed E-state index contributed by atoms with van der Waals surface area (Å²) in [5, 5.41) is 17.4. The van der Waals surface area contributed by atoms with Crippen LogP contribution >= 0.6 is 11.6 Å². The fourth-order valence-electron chi connectivity index (χ4n) is 6.74. The molecule has 0 saturated carbocycles. The number of amides is 3. The molecule has 49 heavy (non-hydrogen) atoms. The van der Waals surface area contributed by atoms with Crippen molar-refractivity contribution in [3.8, 4) is 5.75 Å². The lowest BCUT2D eigenvalue weighted by molar-refractivity contribution is -0.121. The number of allylic oxidation sites excluding steroid dienone is 3. The van der Waals surface area contributed by atoms with Gasteiger partial charge in [-0.25, -0.2) is 9.59 Å². The number of nitrogens with one attached hydrogen (secondary N) is 2. The Labute approximate surface area is 291 Å². The Morgan fingerprint density at radius 3 is 2.63 bits per heavy atom. The number of rotatable bonds is 4. The van der Waals surface area contributed by atoms with Gasteiger partial charge in [-0.3, -0.25) is 15.4 Å². The second kappa shape index (κ2) is 14.3. The first-order valence-electron chi connectivity index (χ1n) is 16.4. The zero-order chi connectivity index (χ0) is 35.7. The van der Waals surface area contributed by atoms with Gasteiger partial charge in [0.15, 0.2) is 0 Å². The molecule has 13 heteroatoms. The fourth-order valence-corrected chi connectivity index (χ4v) is 7.05. The number of nitrogens with two attached hydrogens (primary N) is 1. The summed E-state index contributed by atoms with van der Waals surface area (Å²) < 4.78 is 23.4. The van der Waals surface area contributed by atoms with Crippen molar-refractivity contribution in [2.45, 2.75) is 83.0 Å². The largest absolute Gasteiger partial charge is 0.495 e. The molecule has 3 heterocycles. The standard InChI is InChI=1S/C36H45ClN4O8/c1-7-23-10-8-9-20(2)15-22-16-26(31(37)27(17-22)46-6)41(5)30(42)18-29(48-33(43)39-25-13-11-24(38)12-14-25)35(4)32(49-35)21(3)28-19-36(23,45)40-34(44)47-28/h8-14,16-17,21,23,28-29,32,45H,7,15,18-19,38H2,1-6H3,(H,39,43)(H,40,44)/b10-8+,20-9+/t21-,23-,28+,29+,32+,35+,36+/m1/s1. The summed E-state index contributed by atoms with van der Waals surface area (Å²) in [5.41, 5.74) is 6.32. The van der Waals surface area contributed by atoms with Crippen molar-refractivity contribution in [3.63, 3.8) is 0 Å². The van der Waals surface area contributed by atoms with Crippen molar-refractivity contribution < 1.29 is 38.4 Å². The van der Waals surface area contributed by atoms with Crippen molar-refractivity contribution in [1.29, 1.82) is 0 Å². The van der Waals surface area contributed by atoms with Crippen LogP contribution in [0.1, 0.15) is 52.5 Å². The summed E-state index contributed by atoms with van der Waals surface area (Å²) >= 11 is 6.74. The highest BCUT2D eigenvalue weighted by molar-refractivity contribution is 6.35. The summed E-state index contributed by atoms with van der Waals surface area (Å²) in [6, 6.07) is 10.2. The van der Waals surface area contributed by atoms with Crippen molar-refractivity contribution in [2.75, 3.05) is 30.1 Å². The van der Waals surface area contributed by atoms with Gasteiger partial charge in [0.05, 0.1) is 25.3 Å². The SMILES string of the molecule is CC[C@@H]1/C=C/C=C(\C)Cc2cc(OC)c(Cl)c(c2)N(C)C(=O)C[C@H](OC(=O)Nc2ccc(N)cc2)[C@]2(C)O[C@H]2[C@H](C)[C@@H]2C[C@@]1(O)NC(=O)O2. The molecule has 0 aliphatic carbocycles. The number of carbonyl (C=O) groups is 3.